The molecule has 0 spiro atoms. The molecule has 3 nitrogen and oxygen atoms in total. The van der Waals surface area contributed by atoms with Crippen LogP contribution in [0.3, 0.4) is 0 Å². The summed E-state index contributed by atoms with van der Waals surface area (Å²) in [5.41, 5.74) is 5.09. The molecule has 1 aromatic heterocycles. The summed E-state index contributed by atoms with van der Waals surface area (Å²) in [5.74, 6) is -1.79. The van der Waals surface area contributed by atoms with E-state index in [2.05, 4.69) is 10.2 Å². The Morgan fingerprint density at radius 3 is 2.60 bits per heavy atom. The number of rotatable bonds is 1. The summed E-state index contributed by atoms with van der Waals surface area (Å²) >= 11 is 5.56. The van der Waals surface area contributed by atoms with Crippen LogP contribution in [0.25, 0.3) is 11.3 Å². The van der Waals surface area contributed by atoms with E-state index < -0.39 is 11.6 Å². The maximum absolute atomic E-state index is 13.5. The molecule has 78 valence electrons. The highest BCUT2D eigenvalue weighted by molar-refractivity contribution is 6.31. The van der Waals surface area contributed by atoms with Crippen LogP contribution in [0.15, 0.2) is 18.2 Å². The predicted molar refractivity (Wildman–Crippen MR) is 53.4 cm³/mol. The number of nitrogen functional groups attached to an aromatic ring is 1. The third-order valence-corrected chi connectivity index (χ3v) is 2.25. The zero-order valence-corrected chi connectivity index (χ0v) is 8.15. The molecule has 0 aliphatic carbocycles. The molecule has 1 heterocycles. The van der Waals surface area contributed by atoms with Gasteiger partial charge in [-0.05, 0) is 12.1 Å². The summed E-state index contributed by atoms with van der Waals surface area (Å²) < 4.78 is 26.8. The lowest BCUT2D eigenvalue weighted by molar-refractivity contribution is 0.619. The Morgan fingerprint density at radius 1 is 1.27 bits per heavy atom. The van der Waals surface area contributed by atoms with Gasteiger partial charge in [0.05, 0.1) is 5.02 Å². The van der Waals surface area contributed by atoms with E-state index in [0.717, 1.165) is 0 Å². The molecular formula is C9H6ClF2N3. The van der Waals surface area contributed by atoms with Crippen molar-refractivity contribution in [2.75, 3.05) is 5.73 Å². The van der Waals surface area contributed by atoms with Gasteiger partial charge in [-0.1, -0.05) is 17.7 Å². The van der Waals surface area contributed by atoms with Crippen LogP contribution in [0.2, 0.25) is 5.02 Å². The van der Waals surface area contributed by atoms with E-state index >= 15 is 0 Å². The van der Waals surface area contributed by atoms with Crippen molar-refractivity contribution >= 4 is 17.4 Å². The Morgan fingerprint density at radius 2 is 2.00 bits per heavy atom. The lowest BCUT2D eigenvalue weighted by Crippen LogP contribution is -1.90. The van der Waals surface area contributed by atoms with Crippen LogP contribution in [-0.2, 0) is 0 Å². The van der Waals surface area contributed by atoms with Crippen molar-refractivity contribution in [1.82, 2.24) is 10.2 Å². The predicted octanol–water partition coefficient (Wildman–Crippen LogP) is 2.59. The smallest absolute Gasteiger partial charge is 0.192 e. The van der Waals surface area contributed by atoms with Crippen molar-refractivity contribution in [3.63, 3.8) is 0 Å². The fourth-order valence-electron chi connectivity index (χ4n) is 1.22. The summed E-state index contributed by atoms with van der Waals surface area (Å²) in [4.78, 5) is 0. The first-order chi connectivity index (χ1) is 7.11. The topological polar surface area (TPSA) is 54.7 Å². The SMILES string of the molecule is Nc1n[nH]c(-c2cccc(Cl)c2F)c1F. The van der Waals surface area contributed by atoms with Crippen LogP contribution in [0.4, 0.5) is 14.6 Å². The fourth-order valence-corrected chi connectivity index (χ4v) is 1.39. The van der Waals surface area contributed by atoms with Crippen molar-refractivity contribution in [3.05, 3.63) is 34.9 Å². The lowest BCUT2D eigenvalue weighted by Gasteiger charge is -2.01. The molecule has 2 rings (SSSR count). The molecule has 0 bridgehead atoms. The van der Waals surface area contributed by atoms with Crippen molar-refractivity contribution in [2.45, 2.75) is 0 Å². The molecule has 3 N–H and O–H groups in total. The molecule has 0 aliphatic heterocycles. The van der Waals surface area contributed by atoms with E-state index in [1.165, 1.54) is 18.2 Å². The number of nitrogens with one attached hydrogen (secondary N) is 1. The highest BCUT2D eigenvalue weighted by Crippen LogP contribution is 2.29. The number of hydrogen-bond acceptors (Lipinski definition) is 2. The molecule has 0 unspecified atom stereocenters. The number of nitrogens with zero attached hydrogens (tertiary/aromatic N) is 1. The average Bonchev–Trinajstić information content (AvgIpc) is 2.53. The maximum atomic E-state index is 13.5. The minimum absolute atomic E-state index is 0.00389. The second-order valence-corrected chi connectivity index (χ2v) is 3.31. The standard InChI is InChI=1S/C9H6ClF2N3/c10-5-3-1-2-4(6(5)11)8-7(12)9(13)15-14-8/h1-3H,(H3,13,14,15). The molecule has 6 heteroatoms. The van der Waals surface area contributed by atoms with Gasteiger partial charge in [-0.25, -0.2) is 8.78 Å². The van der Waals surface area contributed by atoms with Gasteiger partial charge in [-0.15, -0.1) is 0 Å². The summed E-state index contributed by atoms with van der Waals surface area (Å²) in [7, 11) is 0. The number of aromatic amines is 1. The van der Waals surface area contributed by atoms with Gasteiger partial charge in [0.1, 0.15) is 5.69 Å². The largest absolute Gasteiger partial charge is 0.380 e. The molecule has 0 saturated carbocycles. The lowest BCUT2D eigenvalue weighted by atomic mass is 10.1. The molecule has 0 radical (unpaired) electrons. The van der Waals surface area contributed by atoms with Gasteiger partial charge in [-0.2, -0.15) is 5.10 Å². The quantitative estimate of drug-likeness (QED) is 0.790. The zero-order valence-electron chi connectivity index (χ0n) is 7.39. The van der Waals surface area contributed by atoms with Gasteiger partial charge in [0.15, 0.2) is 17.5 Å². The highest BCUT2D eigenvalue weighted by atomic mass is 35.5. The molecule has 0 amide bonds. The second kappa shape index (κ2) is 3.51. The van der Waals surface area contributed by atoms with Gasteiger partial charge >= 0.3 is 0 Å². The maximum Gasteiger partial charge on any atom is 0.192 e. The Balaban J connectivity index is 2.64. The minimum Gasteiger partial charge on any atom is -0.380 e. The Kier molecular flexibility index (Phi) is 2.32. The Hall–Kier alpha value is -1.62. The molecule has 0 fully saturated rings. The number of hydrogen-bond donors (Lipinski definition) is 2. The van der Waals surface area contributed by atoms with Crippen LogP contribution in [0.5, 0.6) is 0 Å². The highest BCUT2D eigenvalue weighted by Gasteiger charge is 2.16. The zero-order chi connectivity index (χ0) is 11.0. The molecule has 0 saturated heterocycles. The molecule has 0 aliphatic rings. The first-order valence-corrected chi connectivity index (χ1v) is 4.42. The van der Waals surface area contributed by atoms with Crippen LogP contribution < -0.4 is 5.73 Å². The van der Waals surface area contributed by atoms with Crippen molar-refractivity contribution in [1.29, 1.82) is 0 Å². The number of H-pyrrole nitrogens is 1. The first-order valence-electron chi connectivity index (χ1n) is 4.05. The summed E-state index contributed by atoms with van der Waals surface area (Å²) in [5, 5.41) is 5.66. The first kappa shape index (κ1) is 9.92. The molecule has 15 heavy (non-hydrogen) atoms. The monoisotopic (exact) mass is 229 g/mol. The van der Waals surface area contributed by atoms with E-state index in [1.54, 1.807) is 0 Å². The third-order valence-electron chi connectivity index (χ3n) is 1.95. The van der Waals surface area contributed by atoms with E-state index in [-0.39, 0.29) is 22.1 Å². The summed E-state index contributed by atoms with van der Waals surface area (Å²) in [6.07, 6.45) is 0. The molecule has 0 atom stereocenters. The van der Waals surface area contributed by atoms with Gasteiger partial charge < -0.3 is 5.73 Å². The third kappa shape index (κ3) is 1.55. The Labute approximate surface area is 88.9 Å². The van der Waals surface area contributed by atoms with Gasteiger partial charge in [0.25, 0.3) is 0 Å². The van der Waals surface area contributed by atoms with E-state index in [9.17, 15) is 8.78 Å². The van der Waals surface area contributed by atoms with E-state index in [1.807, 2.05) is 0 Å². The van der Waals surface area contributed by atoms with Crippen LogP contribution in [-0.4, -0.2) is 10.2 Å². The van der Waals surface area contributed by atoms with Gasteiger partial charge in [0, 0.05) is 5.56 Å². The fraction of sp³-hybridized carbons (Fsp3) is 0. The van der Waals surface area contributed by atoms with E-state index in [4.69, 9.17) is 17.3 Å². The number of anilines is 1. The average molecular weight is 230 g/mol. The minimum atomic E-state index is -0.781. The number of aromatic nitrogens is 2. The number of benzene rings is 1. The van der Waals surface area contributed by atoms with Crippen LogP contribution >= 0.6 is 11.6 Å². The van der Waals surface area contributed by atoms with Crippen LogP contribution in [0.1, 0.15) is 0 Å². The number of nitrogens with two attached hydrogens (primary N) is 1. The van der Waals surface area contributed by atoms with Crippen molar-refractivity contribution in [2.24, 2.45) is 0 Å². The molecular weight excluding hydrogens is 224 g/mol. The Bertz CT molecular complexity index is 510. The van der Waals surface area contributed by atoms with Gasteiger partial charge in [-0.3, -0.25) is 5.10 Å². The second-order valence-electron chi connectivity index (χ2n) is 2.90. The summed E-state index contributed by atoms with van der Waals surface area (Å²) in [6, 6.07) is 4.27. The molecule has 2 aromatic rings. The van der Waals surface area contributed by atoms with Gasteiger partial charge in [0.2, 0.25) is 0 Å². The summed E-state index contributed by atoms with van der Waals surface area (Å²) in [6.45, 7) is 0. The van der Waals surface area contributed by atoms with Crippen molar-refractivity contribution in [3.8, 4) is 11.3 Å². The normalized spacial score (nSPS) is 10.6. The van der Waals surface area contributed by atoms with Crippen molar-refractivity contribution < 1.29 is 8.78 Å². The molecule has 1 aromatic carbocycles. The van der Waals surface area contributed by atoms with Crippen LogP contribution in [0, 0.1) is 11.6 Å². The van der Waals surface area contributed by atoms with E-state index in [0.29, 0.717) is 0 Å². The number of halogens is 3.